The first-order valence-electron chi connectivity index (χ1n) is 11.4. The molecule has 182 valence electrons. The largest absolute Gasteiger partial charge is 0.469 e. The molecule has 0 aliphatic rings. The molecule has 4 aromatic heterocycles. The standard InChI is InChI=1S/C27H25N5O3S/c1-18-13-19(2)15-21(14-18)32(24-8-4-5-10-28-24)25(33)17-36-27-30-29-26(23-9-12-34-20(23)3)31(27)16-22-7-6-11-35-22/h4-15H,16-17H2,1-3H3. The van der Waals surface area contributed by atoms with E-state index in [9.17, 15) is 4.79 Å². The lowest BCUT2D eigenvalue weighted by molar-refractivity contribution is -0.115. The van der Waals surface area contributed by atoms with Gasteiger partial charge in [-0.05, 0) is 74.4 Å². The van der Waals surface area contributed by atoms with Gasteiger partial charge in [-0.25, -0.2) is 4.98 Å². The van der Waals surface area contributed by atoms with Crippen LogP contribution in [0.25, 0.3) is 11.4 Å². The summed E-state index contributed by atoms with van der Waals surface area (Å²) >= 11 is 1.33. The summed E-state index contributed by atoms with van der Waals surface area (Å²) in [6, 6.07) is 17.2. The normalized spacial score (nSPS) is 11.1. The number of thioether (sulfide) groups is 1. The number of nitrogens with zero attached hydrogens (tertiary/aromatic N) is 5. The highest BCUT2D eigenvalue weighted by molar-refractivity contribution is 7.99. The van der Waals surface area contributed by atoms with Crippen LogP contribution in [0.1, 0.15) is 22.6 Å². The molecule has 0 spiro atoms. The number of anilines is 2. The maximum atomic E-state index is 13.6. The molecule has 0 atom stereocenters. The number of aryl methyl sites for hydroxylation is 3. The van der Waals surface area contributed by atoms with Crippen molar-refractivity contribution in [3.63, 3.8) is 0 Å². The topological polar surface area (TPSA) is 90.2 Å². The summed E-state index contributed by atoms with van der Waals surface area (Å²) in [7, 11) is 0. The summed E-state index contributed by atoms with van der Waals surface area (Å²) in [5.41, 5.74) is 3.77. The third-order valence-electron chi connectivity index (χ3n) is 5.63. The Balaban J connectivity index is 1.45. The fourth-order valence-corrected chi connectivity index (χ4v) is 4.86. The number of amides is 1. The molecule has 5 rings (SSSR count). The molecule has 0 unspecified atom stereocenters. The number of benzene rings is 1. The minimum Gasteiger partial charge on any atom is -0.469 e. The summed E-state index contributed by atoms with van der Waals surface area (Å²) in [4.78, 5) is 19.7. The lowest BCUT2D eigenvalue weighted by Crippen LogP contribution is -2.28. The zero-order valence-electron chi connectivity index (χ0n) is 20.2. The van der Waals surface area contributed by atoms with Gasteiger partial charge < -0.3 is 8.83 Å². The van der Waals surface area contributed by atoms with Crippen LogP contribution in [0, 0.1) is 20.8 Å². The van der Waals surface area contributed by atoms with E-state index in [1.54, 1.807) is 23.6 Å². The predicted octanol–water partition coefficient (Wildman–Crippen LogP) is 5.96. The SMILES string of the molecule is Cc1cc(C)cc(N(C(=O)CSc2nnc(-c3ccoc3C)n2Cc2ccco2)c2ccccn2)c1. The van der Waals surface area contributed by atoms with E-state index >= 15 is 0 Å². The highest BCUT2D eigenvalue weighted by Gasteiger charge is 2.23. The van der Waals surface area contributed by atoms with Gasteiger partial charge in [0.1, 0.15) is 17.3 Å². The molecule has 0 saturated carbocycles. The van der Waals surface area contributed by atoms with Crippen LogP contribution in [0.4, 0.5) is 11.5 Å². The average Bonchev–Trinajstić information content (AvgIpc) is 3.60. The molecule has 0 saturated heterocycles. The molecule has 1 aromatic carbocycles. The third kappa shape index (κ3) is 4.96. The molecular formula is C27H25N5O3S. The van der Waals surface area contributed by atoms with Crippen molar-refractivity contribution in [2.75, 3.05) is 10.7 Å². The number of carbonyl (C=O) groups is 1. The molecule has 0 radical (unpaired) electrons. The van der Waals surface area contributed by atoms with Crippen molar-refractivity contribution < 1.29 is 13.6 Å². The maximum absolute atomic E-state index is 13.6. The number of rotatable bonds is 8. The fraction of sp³-hybridized carbons (Fsp3) is 0.185. The number of carbonyl (C=O) groups excluding carboxylic acids is 1. The van der Waals surface area contributed by atoms with Crippen molar-refractivity contribution in [1.82, 2.24) is 19.7 Å². The van der Waals surface area contributed by atoms with Crippen LogP contribution in [-0.2, 0) is 11.3 Å². The van der Waals surface area contributed by atoms with Gasteiger partial charge in [0.15, 0.2) is 11.0 Å². The molecule has 8 nitrogen and oxygen atoms in total. The van der Waals surface area contributed by atoms with Crippen molar-refractivity contribution in [1.29, 1.82) is 0 Å². The van der Waals surface area contributed by atoms with Crippen molar-refractivity contribution in [3.8, 4) is 11.4 Å². The molecule has 0 aliphatic carbocycles. The first-order chi connectivity index (χ1) is 17.5. The maximum Gasteiger partial charge on any atom is 0.243 e. The molecule has 9 heteroatoms. The fourth-order valence-electron chi connectivity index (χ4n) is 4.07. The minimum atomic E-state index is -0.114. The Morgan fingerprint density at radius 3 is 2.47 bits per heavy atom. The molecule has 0 bridgehead atoms. The average molecular weight is 500 g/mol. The van der Waals surface area contributed by atoms with Gasteiger partial charge in [-0.1, -0.05) is 23.9 Å². The van der Waals surface area contributed by atoms with Gasteiger partial charge in [0, 0.05) is 6.20 Å². The van der Waals surface area contributed by atoms with Gasteiger partial charge in [-0.3, -0.25) is 14.3 Å². The van der Waals surface area contributed by atoms with Crippen molar-refractivity contribution in [3.05, 3.63) is 96.0 Å². The number of aromatic nitrogens is 4. The van der Waals surface area contributed by atoms with E-state index < -0.39 is 0 Å². The molecular weight excluding hydrogens is 474 g/mol. The van der Waals surface area contributed by atoms with Crippen molar-refractivity contribution in [2.24, 2.45) is 0 Å². The predicted molar refractivity (Wildman–Crippen MR) is 138 cm³/mol. The Morgan fingerprint density at radius 2 is 1.81 bits per heavy atom. The second-order valence-electron chi connectivity index (χ2n) is 8.41. The van der Waals surface area contributed by atoms with E-state index in [1.165, 1.54) is 11.8 Å². The van der Waals surface area contributed by atoms with Gasteiger partial charge in [0.25, 0.3) is 0 Å². The molecule has 0 aliphatic heterocycles. The van der Waals surface area contributed by atoms with Crippen LogP contribution in [-0.4, -0.2) is 31.4 Å². The molecule has 0 fully saturated rings. The Bertz CT molecular complexity index is 1450. The zero-order chi connectivity index (χ0) is 25.1. The molecule has 1 amide bonds. The van der Waals surface area contributed by atoms with E-state index in [1.807, 2.05) is 73.9 Å². The van der Waals surface area contributed by atoms with E-state index in [0.29, 0.717) is 23.3 Å². The Kier molecular flexibility index (Phi) is 6.73. The minimum absolute atomic E-state index is 0.114. The lowest BCUT2D eigenvalue weighted by atomic mass is 10.1. The van der Waals surface area contributed by atoms with Crippen molar-refractivity contribution in [2.45, 2.75) is 32.5 Å². The molecule has 5 aromatic rings. The van der Waals surface area contributed by atoms with Gasteiger partial charge in [0.2, 0.25) is 5.91 Å². The number of hydrogen-bond acceptors (Lipinski definition) is 7. The van der Waals surface area contributed by atoms with Gasteiger partial charge >= 0.3 is 0 Å². The summed E-state index contributed by atoms with van der Waals surface area (Å²) in [5.74, 6) is 2.76. The first-order valence-corrected chi connectivity index (χ1v) is 12.4. The second-order valence-corrected chi connectivity index (χ2v) is 9.36. The van der Waals surface area contributed by atoms with Crippen LogP contribution >= 0.6 is 11.8 Å². The summed E-state index contributed by atoms with van der Waals surface area (Å²) in [6.07, 6.45) is 4.94. The lowest BCUT2D eigenvalue weighted by Gasteiger charge is -2.22. The molecule has 0 N–H and O–H groups in total. The highest BCUT2D eigenvalue weighted by atomic mass is 32.2. The van der Waals surface area contributed by atoms with Crippen LogP contribution < -0.4 is 4.90 Å². The Morgan fingerprint density at radius 1 is 0.972 bits per heavy atom. The molecule has 36 heavy (non-hydrogen) atoms. The van der Waals surface area contributed by atoms with E-state index in [4.69, 9.17) is 8.83 Å². The molecule has 4 heterocycles. The third-order valence-corrected chi connectivity index (χ3v) is 6.58. The Hall–Kier alpha value is -4.11. The van der Waals surface area contributed by atoms with Crippen LogP contribution in [0.3, 0.4) is 0 Å². The summed E-state index contributed by atoms with van der Waals surface area (Å²) in [5, 5.41) is 9.43. The van der Waals surface area contributed by atoms with Crippen LogP contribution in [0.2, 0.25) is 0 Å². The van der Waals surface area contributed by atoms with Gasteiger partial charge in [-0.2, -0.15) is 0 Å². The van der Waals surface area contributed by atoms with Gasteiger partial charge in [0.05, 0.1) is 36.1 Å². The van der Waals surface area contributed by atoms with Crippen LogP contribution in [0.5, 0.6) is 0 Å². The van der Waals surface area contributed by atoms with E-state index in [2.05, 4.69) is 21.2 Å². The number of furan rings is 2. The quantitative estimate of drug-likeness (QED) is 0.243. The highest BCUT2D eigenvalue weighted by Crippen LogP contribution is 2.30. The summed E-state index contributed by atoms with van der Waals surface area (Å²) in [6.45, 7) is 6.34. The zero-order valence-corrected chi connectivity index (χ0v) is 21.0. The van der Waals surface area contributed by atoms with Crippen LogP contribution in [0.15, 0.2) is 87.3 Å². The summed E-state index contributed by atoms with van der Waals surface area (Å²) < 4.78 is 13.0. The van der Waals surface area contributed by atoms with Gasteiger partial charge in [-0.15, -0.1) is 10.2 Å². The first kappa shape index (κ1) is 23.6. The Labute approximate surface area is 213 Å². The number of hydrogen-bond donors (Lipinski definition) is 0. The van der Waals surface area contributed by atoms with E-state index in [-0.39, 0.29) is 11.7 Å². The second kappa shape index (κ2) is 10.2. The van der Waals surface area contributed by atoms with E-state index in [0.717, 1.165) is 33.9 Å². The monoisotopic (exact) mass is 499 g/mol. The smallest absolute Gasteiger partial charge is 0.243 e. The number of pyridine rings is 1. The van der Waals surface area contributed by atoms with Crippen molar-refractivity contribution >= 4 is 29.2 Å².